The molecular weight excluding hydrogens is 507 g/mol. The van der Waals surface area contributed by atoms with Crippen LogP contribution in [0.4, 0.5) is 0 Å². The van der Waals surface area contributed by atoms with Crippen LogP contribution in [0.15, 0.2) is 23.8 Å². The number of Topliss-reactive ketones (excluding diaryl/α,β-unsaturated/α-hetero) is 1. The van der Waals surface area contributed by atoms with Crippen LogP contribution < -0.4 is 0 Å². The average molecular weight is 563 g/mol. The Morgan fingerprint density at radius 3 is 2.00 bits per heavy atom. The van der Waals surface area contributed by atoms with Crippen molar-refractivity contribution in [2.75, 3.05) is 27.0 Å². The summed E-state index contributed by atoms with van der Waals surface area (Å²) in [4.78, 5) is 12.5. The van der Waals surface area contributed by atoms with Gasteiger partial charge in [-0.2, -0.15) is 0 Å². The molecule has 0 saturated carbocycles. The van der Waals surface area contributed by atoms with Gasteiger partial charge in [0.2, 0.25) is 0 Å². The summed E-state index contributed by atoms with van der Waals surface area (Å²) in [6, 6.07) is 3.20. The van der Waals surface area contributed by atoms with Gasteiger partial charge in [-0.05, 0) is 55.5 Å². The van der Waals surface area contributed by atoms with Crippen molar-refractivity contribution in [3.63, 3.8) is 0 Å². The minimum Gasteiger partial charge on any atom is -0.413 e. The van der Waals surface area contributed by atoms with E-state index < -0.39 is 24.2 Å². The van der Waals surface area contributed by atoms with E-state index in [0.717, 1.165) is 23.7 Å². The van der Waals surface area contributed by atoms with Crippen molar-refractivity contribution in [3.05, 3.63) is 23.8 Å². The Morgan fingerprint density at radius 2 is 1.56 bits per heavy atom. The molecule has 0 amide bonds. The van der Waals surface area contributed by atoms with E-state index in [0.29, 0.717) is 19.4 Å². The van der Waals surface area contributed by atoms with Crippen molar-refractivity contribution in [1.29, 1.82) is 0 Å². The zero-order valence-corrected chi connectivity index (χ0v) is 28.1. The summed E-state index contributed by atoms with van der Waals surface area (Å²) in [6.07, 6.45) is 7.12. The Hall–Kier alpha value is -0.346. The molecule has 212 valence electrons. The van der Waals surface area contributed by atoms with Crippen molar-refractivity contribution in [2.24, 2.45) is 5.92 Å². The fourth-order valence-corrected chi connectivity index (χ4v) is 8.42. The fourth-order valence-electron chi connectivity index (χ4n) is 3.60. The molecule has 0 heterocycles. The maximum Gasteiger partial charge on any atom is 0.337 e. The molecule has 2 atom stereocenters. The lowest BCUT2D eigenvalue weighted by atomic mass is 9.97. The minimum atomic E-state index is -3.33. The second-order valence-electron chi connectivity index (χ2n) is 11.4. The SMILES string of the molecule is CC[Si](CC)(CC)O[C@@H](/C=C/C(C)=C/CO[Si](C)(C)C(C)(C)C)[C@@H](C)CCC(=O)CP(=O)(OC)OC. The van der Waals surface area contributed by atoms with Crippen molar-refractivity contribution in [2.45, 2.75) is 111 Å². The molecular formula is C27H55O6PSi2. The highest BCUT2D eigenvalue weighted by molar-refractivity contribution is 7.54. The maximum absolute atomic E-state index is 12.5. The van der Waals surface area contributed by atoms with Gasteiger partial charge in [0.05, 0.1) is 12.7 Å². The molecule has 0 aromatic rings. The van der Waals surface area contributed by atoms with Crippen LogP contribution in [-0.2, 0) is 27.3 Å². The van der Waals surface area contributed by atoms with E-state index >= 15 is 0 Å². The van der Waals surface area contributed by atoms with Crippen LogP contribution in [0.2, 0.25) is 36.3 Å². The van der Waals surface area contributed by atoms with E-state index in [1.165, 1.54) is 14.2 Å². The number of hydrogen-bond donors (Lipinski definition) is 0. The number of rotatable bonds is 18. The van der Waals surface area contributed by atoms with Gasteiger partial charge in [0.1, 0.15) is 11.9 Å². The summed E-state index contributed by atoms with van der Waals surface area (Å²) in [5.41, 5.74) is 1.14. The van der Waals surface area contributed by atoms with Gasteiger partial charge < -0.3 is 17.9 Å². The van der Waals surface area contributed by atoms with Crippen LogP contribution >= 0.6 is 7.60 Å². The highest BCUT2D eigenvalue weighted by Gasteiger charge is 2.37. The van der Waals surface area contributed by atoms with Crippen LogP contribution in [0.3, 0.4) is 0 Å². The Bertz CT molecular complexity index is 752. The number of carbonyl (C=O) groups excluding carboxylic acids is 1. The van der Waals surface area contributed by atoms with E-state index in [4.69, 9.17) is 17.9 Å². The van der Waals surface area contributed by atoms with Gasteiger partial charge in [0.15, 0.2) is 16.6 Å². The topological polar surface area (TPSA) is 71.1 Å². The molecule has 0 unspecified atom stereocenters. The maximum atomic E-state index is 12.5. The minimum absolute atomic E-state index is 0.0781. The molecule has 0 rings (SSSR count). The van der Waals surface area contributed by atoms with Gasteiger partial charge in [0, 0.05) is 20.6 Å². The molecule has 6 nitrogen and oxygen atoms in total. The standard InChI is InChI=1S/C27H55O6PSi2/c1-13-36(14-2,15-3)33-26(24(5)17-18-25(28)22-34(29,30-9)31-10)19-16-23(4)20-21-32-35(11,12)27(6,7)8/h16,19-20,24,26H,13-15,17-18,21-22H2,1-12H3/b19-16+,23-20+/t24-,26-/m0/s1. The predicted octanol–water partition coefficient (Wildman–Crippen LogP) is 8.37. The molecule has 0 N–H and O–H groups in total. The van der Waals surface area contributed by atoms with E-state index in [1.807, 2.05) is 0 Å². The summed E-state index contributed by atoms with van der Waals surface area (Å²) < 4.78 is 35.3. The van der Waals surface area contributed by atoms with Gasteiger partial charge in [-0.25, -0.2) is 0 Å². The summed E-state index contributed by atoms with van der Waals surface area (Å²) in [5, 5.41) is 0.186. The summed E-state index contributed by atoms with van der Waals surface area (Å²) >= 11 is 0. The molecule has 0 aliphatic carbocycles. The molecule has 36 heavy (non-hydrogen) atoms. The monoisotopic (exact) mass is 562 g/mol. The highest BCUT2D eigenvalue weighted by Crippen LogP contribution is 2.46. The van der Waals surface area contributed by atoms with Gasteiger partial charge in [0.25, 0.3) is 0 Å². The molecule has 0 fully saturated rings. The lowest BCUT2D eigenvalue weighted by molar-refractivity contribution is -0.117. The van der Waals surface area contributed by atoms with Crippen LogP contribution in [0, 0.1) is 5.92 Å². The molecule has 0 aliphatic rings. The molecule has 0 radical (unpaired) electrons. The first kappa shape index (κ1) is 35.7. The number of allylic oxidation sites excluding steroid dienone is 2. The first-order valence-corrected chi connectivity index (χ1v) is 20.6. The Kier molecular flexibility index (Phi) is 15.8. The fraction of sp³-hybridized carbons (Fsp3) is 0.815. The first-order chi connectivity index (χ1) is 16.5. The molecule has 0 saturated heterocycles. The molecule has 0 bridgehead atoms. The third-order valence-corrected chi connectivity index (χ3v) is 18.9. The van der Waals surface area contributed by atoms with Gasteiger partial charge in [-0.15, -0.1) is 0 Å². The molecule has 0 aromatic heterocycles. The highest BCUT2D eigenvalue weighted by atomic mass is 31.2. The second-order valence-corrected chi connectivity index (χ2v) is 23.2. The van der Waals surface area contributed by atoms with Crippen molar-refractivity contribution < 1.29 is 27.3 Å². The van der Waals surface area contributed by atoms with Crippen LogP contribution in [-0.4, -0.2) is 55.5 Å². The van der Waals surface area contributed by atoms with Crippen molar-refractivity contribution >= 4 is 30.0 Å². The Labute approximate surface area is 224 Å². The van der Waals surface area contributed by atoms with Crippen molar-refractivity contribution in [3.8, 4) is 0 Å². The average Bonchev–Trinajstić information content (AvgIpc) is 2.82. The second kappa shape index (κ2) is 15.9. The number of hydrogen-bond acceptors (Lipinski definition) is 6. The number of ketones is 1. The van der Waals surface area contributed by atoms with E-state index in [-0.39, 0.29) is 29.0 Å². The van der Waals surface area contributed by atoms with E-state index in [1.54, 1.807) is 0 Å². The van der Waals surface area contributed by atoms with Gasteiger partial charge in [-0.3, -0.25) is 9.36 Å². The molecule has 0 aromatic carbocycles. The van der Waals surface area contributed by atoms with Crippen molar-refractivity contribution in [1.82, 2.24) is 0 Å². The van der Waals surface area contributed by atoms with Gasteiger partial charge >= 0.3 is 7.60 Å². The Morgan fingerprint density at radius 1 is 1.03 bits per heavy atom. The normalized spacial score (nSPS) is 15.9. The van der Waals surface area contributed by atoms with Gasteiger partial charge in [-0.1, -0.05) is 72.3 Å². The van der Waals surface area contributed by atoms with E-state index in [9.17, 15) is 9.36 Å². The lowest BCUT2D eigenvalue weighted by Gasteiger charge is -2.35. The zero-order valence-electron chi connectivity index (χ0n) is 25.2. The summed E-state index contributed by atoms with van der Waals surface area (Å²) in [5.74, 6) is 0.0305. The lowest BCUT2D eigenvalue weighted by Crippen LogP contribution is -2.41. The molecule has 9 heteroatoms. The van der Waals surface area contributed by atoms with Crippen LogP contribution in [0.5, 0.6) is 0 Å². The third kappa shape index (κ3) is 12.0. The first-order valence-electron chi connectivity index (χ1n) is 13.4. The third-order valence-electron chi connectivity index (χ3n) is 7.89. The summed E-state index contributed by atoms with van der Waals surface area (Å²) in [7, 11) is -4.34. The van der Waals surface area contributed by atoms with Crippen LogP contribution in [0.1, 0.15) is 68.2 Å². The summed E-state index contributed by atoms with van der Waals surface area (Å²) in [6.45, 7) is 22.8. The number of carbonyl (C=O) groups is 1. The predicted molar refractivity (Wildman–Crippen MR) is 158 cm³/mol. The molecule has 0 aliphatic heterocycles. The smallest absolute Gasteiger partial charge is 0.337 e. The molecule has 0 spiro atoms. The largest absolute Gasteiger partial charge is 0.413 e. The zero-order chi connectivity index (χ0) is 28.2. The Balaban J connectivity index is 5.50. The van der Waals surface area contributed by atoms with E-state index in [2.05, 4.69) is 86.7 Å². The van der Waals surface area contributed by atoms with Crippen LogP contribution in [0.25, 0.3) is 0 Å². The quantitative estimate of drug-likeness (QED) is 0.0949.